The number of rotatable bonds is 6. The average Bonchev–Trinajstić information content (AvgIpc) is 2.60. The Labute approximate surface area is 149 Å². The summed E-state index contributed by atoms with van der Waals surface area (Å²) in [5.41, 5.74) is 2.92. The largest absolute Gasteiger partial charge is 0.465 e. The first-order valence-electron chi connectivity index (χ1n) is 8.06. The van der Waals surface area contributed by atoms with Gasteiger partial charge >= 0.3 is 5.97 Å². The summed E-state index contributed by atoms with van der Waals surface area (Å²) in [6, 6.07) is 11.8. The van der Waals surface area contributed by atoms with Crippen molar-refractivity contribution in [2.24, 2.45) is 0 Å². The fourth-order valence-electron chi connectivity index (χ4n) is 2.54. The highest BCUT2D eigenvalue weighted by molar-refractivity contribution is 7.89. The molecule has 2 aromatic carbocycles. The highest BCUT2D eigenvalue weighted by atomic mass is 32.2. The molecule has 1 atom stereocenters. The summed E-state index contributed by atoms with van der Waals surface area (Å²) < 4.78 is 32.9. The Kier molecular flexibility index (Phi) is 5.98. The molecular weight excluding hydrogens is 338 g/mol. The van der Waals surface area contributed by atoms with Crippen LogP contribution in [0.4, 0.5) is 0 Å². The van der Waals surface area contributed by atoms with Crippen molar-refractivity contribution < 1.29 is 17.9 Å². The predicted octanol–water partition coefficient (Wildman–Crippen LogP) is 3.52. The van der Waals surface area contributed by atoms with E-state index < -0.39 is 16.0 Å². The first kappa shape index (κ1) is 19.1. The van der Waals surface area contributed by atoms with Gasteiger partial charge in [-0.15, -0.1) is 0 Å². The van der Waals surface area contributed by atoms with Crippen molar-refractivity contribution in [1.82, 2.24) is 4.72 Å². The van der Waals surface area contributed by atoms with Crippen LogP contribution in [0.25, 0.3) is 0 Å². The number of esters is 1. The van der Waals surface area contributed by atoms with E-state index in [4.69, 9.17) is 4.74 Å². The van der Waals surface area contributed by atoms with Gasteiger partial charge in [-0.3, -0.25) is 0 Å². The molecular formula is C19H23NO4S. The van der Waals surface area contributed by atoms with Gasteiger partial charge in [0.15, 0.2) is 0 Å². The smallest absolute Gasteiger partial charge is 0.338 e. The summed E-state index contributed by atoms with van der Waals surface area (Å²) in [4.78, 5) is 11.9. The normalized spacial score (nSPS) is 12.6. The Morgan fingerprint density at radius 3 is 2.32 bits per heavy atom. The van der Waals surface area contributed by atoms with Gasteiger partial charge < -0.3 is 4.74 Å². The van der Waals surface area contributed by atoms with Crippen LogP contribution in [0, 0.1) is 13.8 Å². The molecule has 5 nitrogen and oxygen atoms in total. The fourth-order valence-corrected chi connectivity index (χ4v) is 3.87. The van der Waals surface area contributed by atoms with Gasteiger partial charge in [-0.1, -0.05) is 42.8 Å². The SMILES string of the molecule is CCC(NS(=O)(=O)c1ccc(C)c(C(=O)OC)c1)c1ccc(C)cc1. The lowest BCUT2D eigenvalue weighted by molar-refractivity contribution is 0.0599. The number of hydrogen-bond donors (Lipinski definition) is 1. The minimum atomic E-state index is -3.77. The number of aryl methyl sites for hydroxylation is 2. The van der Waals surface area contributed by atoms with Crippen LogP contribution in [-0.2, 0) is 14.8 Å². The highest BCUT2D eigenvalue weighted by Crippen LogP contribution is 2.22. The second kappa shape index (κ2) is 7.80. The van der Waals surface area contributed by atoms with E-state index in [1.165, 1.54) is 19.2 Å². The van der Waals surface area contributed by atoms with E-state index in [1.54, 1.807) is 13.0 Å². The zero-order valence-corrected chi connectivity index (χ0v) is 15.7. The van der Waals surface area contributed by atoms with Crippen LogP contribution in [0.2, 0.25) is 0 Å². The summed E-state index contributed by atoms with van der Waals surface area (Å²) in [7, 11) is -2.50. The van der Waals surface area contributed by atoms with Crippen LogP contribution in [-0.4, -0.2) is 21.5 Å². The average molecular weight is 361 g/mol. The van der Waals surface area contributed by atoms with E-state index in [-0.39, 0.29) is 16.5 Å². The lowest BCUT2D eigenvalue weighted by Crippen LogP contribution is -2.28. The Morgan fingerprint density at radius 2 is 1.76 bits per heavy atom. The zero-order valence-electron chi connectivity index (χ0n) is 14.9. The van der Waals surface area contributed by atoms with Gasteiger partial charge in [0.1, 0.15) is 0 Å². The van der Waals surface area contributed by atoms with Crippen LogP contribution < -0.4 is 4.72 Å². The maximum atomic E-state index is 12.8. The van der Waals surface area contributed by atoms with Gasteiger partial charge in [0.25, 0.3) is 0 Å². The van der Waals surface area contributed by atoms with Crippen LogP contribution >= 0.6 is 0 Å². The number of methoxy groups -OCH3 is 1. The molecule has 0 spiro atoms. The molecule has 0 bridgehead atoms. The predicted molar refractivity (Wildman–Crippen MR) is 97.1 cm³/mol. The van der Waals surface area contributed by atoms with E-state index in [1.807, 2.05) is 38.1 Å². The minimum Gasteiger partial charge on any atom is -0.465 e. The number of sulfonamides is 1. The number of carbonyl (C=O) groups is 1. The second-order valence-corrected chi connectivity index (χ2v) is 7.68. The number of ether oxygens (including phenoxy) is 1. The van der Waals surface area contributed by atoms with Crippen molar-refractivity contribution in [1.29, 1.82) is 0 Å². The Hall–Kier alpha value is -2.18. The molecule has 0 aliphatic carbocycles. The molecule has 2 aromatic rings. The highest BCUT2D eigenvalue weighted by Gasteiger charge is 2.22. The fraction of sp³-hybridized carbons (Fsp3) is 0.316. The van der Waals surface area contributed by atoms with Gasteiger partial charge in [-0.05, 0) is 43.5 Å². The van der Waals surface area contributed by atoms with Crippen molar-refractivity contribution in [2.45, 2.75) is 38.1 Å². The minimum absolute atomic E-state index is 0.0454. The number of hydrogen-bond acceptors (Lipinski definition) is 4. The van der Waals surface area contributed by atoms with E-state index in [9.17, 15) is 13.2 Å². The third-order valence-electron chi connectivity index (χ3n) is 4.11. The topological polar surface area (TPSA) is 72.5 Å². The maximum absolute atomic E-state index is 12.8. The molecule has 0 aliphatic heterocycles. The molecule has 1 unspecified atom stereocenters. The summed E-state index contributed by atoms with van der Waals surface area (Å²) in [6.45, 7) is 5.63. The molecule has 0 radical (unpaired) electrons. The van der Waals surface area contributed by atoms with Crippen LogP contribution in [0.3, 0.4) is 0 Å². The van der Waals surface area contributed by atoms with E-state index in [0.717, 1.165) is 11.1 Å². The first-order chi connectivity index (χ1) is 11.8. The Bertz CT molecular complexity index is 857. The van der Waals surface area contributed by atoms with E-state index in [0.29, 0.717) is 12.0 Å². The summed E-state index contributed by atoms with van der Waals surface area (Å²) in [5, 5.41) is 0. The molecule has 0 aliphatic rings. The quantitative estimate of drug-likeness (QED) is 0.799. The molecule has 0 heterocycles. The van der Waals surface area contributed by atoms with Crippen molar-refractivity contribution in [2.75, 3.05) is 7.11 Å². The standard InChI is InChI=1S/C19H23NO4S/c1-5-18(15-9-6-13(2)7-10-15)20-25(22,23)16-11-8-14(3)17(12-16)19(21)24-4/h6-12,18,20H,5H2,1-4H3. The molecule has 0 saturated heterocycles. The zero-order chi connectivity index (χ0) is 18.6. The molecule has 6 heteroatoms. The molecule has 25 heavy (non-hydrogen) atoms. The van der Waals surface area contributed by atoms with Crippen LogP contribution in [0.15, 0.2) is 47.4 Å². The van der Waals surface area contributed by atoms with Crippen LogP contribution in [0.5, 0.6) is 0 Å². The molecule has 0 amide bonds. The van der Waals surface area contributed by atoms with Crippen molar-refractivity contribution in [3.63, 3.8) is 0 Å². The van der Waals surface area contributed by atoms with E-state index in [2.05, 4.69) is 4.72 Å². The van der Waals surface area contributed by atoms with Gasteiger partial charge in [-0.25, -0.2) is 17.9 Å². The third kappa shape index (κ3) is 4.46. The number of benzene rings is 2. The van der Waals surface area contributed by atoms with Crippen LogP contribution in [0.1, 0.15) is 46.4 Å². The van der Waals surface area contributed by atoms with Crippen molar-refractivity contribution in [3.8, 4) is 0 Å². The maximum Gasteiger partial charge on any atom is 0.338 e. The monoisotopic (exact) mass is 361 g/mol. The summed E-state index contributed by atoms with van der Waals surface area (Å²) in [6.07, 6.45) is 0.609. The first-order valence-corrected chi connectivity index (χ1v) is 9.54. The summed E-state index contributed by atoms with van der Waals surface area (Å²) >= 11 is 0. The molecule has 0 aromatic heterocycles. The lowest BCUT2D eigenvalue weighted by atomic mass is 10.0. The van der Waals surface area contributed by atoms with E-state index >= 15 is 0 Å². The van der Waals surface area contributed by atoms with Gasteiger partial charge in [-0.2, -0.15) is 0 Å². The molecule has 0 saturated carbocycles. The van der Waals surface area contributed by atoms with Crippen molar-refractivity contribution >= 4 is 16.0 Å². The Balaban J connectivity index is 2.34. The molecule has 1 N–H and O–H groups in total. The van der Waals surface area contributed by atoms with Gasteiger partial charge in [0, 0.05) is 6.04 Å². The number of nitrogens with one attached hydrogen (secondary N) is 1. The molecule has 0 fully saturated rings. The molecule has 134 valence electrons. The molecule has 2 rings (SSSR count). The number of carbonyl (C=O) groups excluding carboxylic acids is 1. The second-order valence-electron chi connectivity index (χ2n) is 5.96. The summed E-state index contributed by atoms with van der Waals surface area (Å²) in [5.74, 6) is -0.555. The lowest BCUT2D eigenvalue weighted by Gasteiger charge is -2.18. The Morgan fingerprint density at radius 1 is 1.12 bits per heavy atom. The van der Waals surface area contributed by atoms with Gasteiger partial charge in [0.2, 0.25) is 10.0 Å². The van der Waals surface area contributed by atoms with Gasteiger partial charge in [0.05, 0.1) is 17.6 Å². The third-order valence-corrected chi connectivity index (χ3v) is 5.58. The van der Waals surface area contributed by atoms with Crippen molar-refractivity contribution in [3.05, 3.63) is 64.7 Å².